The first-order chi connectivity index (χ1) is 15.2. The lowest BCUT2D eigenvalue weighted by Crippen LogP contribution is -2.50. The van der Waals surface area contributed by atoms with Crippen LogP contribution in [0.25, 0.3) is 0 Å². The molecule has 0 unspecified atom stereocenters. The number of sulfonamides is 1. The van der Waals surface area contributed by atoms with Crippen LogP contribution < -0.4 is 4.74 Å². The van der Waals surface area contributed by atoms with E-state index in [2.05, 4.69) is 10.2 Å². The highest BCUT2D eigenvalue weighted by atomic mass is 35.5. The fourth-order valence-corrected chi connectivity index (χ4v) is 4.90. The summed E-state index contributed by atoms with van der Waals surface area (Å²) in [7, 11) is -1.96. The molecule has 12 heteroatoms. The summed E-state index contributed by atoms with van der Waals surface area (Å²) in [5.74, 6) is 0.408. The van der Waals surface area contributed by atoms with Gasteiger partial charge in [-0.3, -0.25) is 9.48 Å². The molecule has 1 aromatic carbocycles. The van der Waals surface area contributed by atoms with Crippen molar-refractivity contribution in [3.8, 4) is 5.75 Å². The fourth-order valence-electron chi connectivity index (χ4n) is 3.37. The van der Waals surface area contributed by atoms with Gasteiger partial charge in [-0.25, -0.2) is 13.1 Å². The Bertz CT molecular complexity index is 1230. The number of aromatic nitrogens is 4. The summed E-state index contributed by atoms with van der Waals surface area (Å²) < 4.78 is 35.5. The van der Waals surface area contributed by atoms with Crippen LogP contribution in [-0.2, 0) is 23.8 Å². The van der Waals surface area contributed by atoms with Crippen molar-refractivity contribution in [2.24, 2.45) is 7.05 Å². The quantitative estimate of drug-likeness (QED) is 0.535. The molecule has 0 atom stereocenters. The Hall–Kier alpha value is -2.89. The van der Waals surface area contributed by atoms with Crippen LogP contribution in [0.4, 0.5) is 0 Å². The first kappa shape index (κ1) is 22.3. The van der Waals surface area contributed by atoms with Crippen LogP contribution in [-0.4, -0.2) is 69.3 Å². The Balaban J connectivity index is 1.33. The molecule has 1 aliphatic heterocycles. The van der Waals surface area contributed by atoms with Gasteiger partial charge in [0.2, 0.25) is 10.0 Å². The van der Waals surface area contributed by atoms with Crippen LogP contribution in [0.5, 0.6) is 5.75 Å². The van der Waals surface area contributed by atoms with Gasteiger partial charge in [-0.05, 0) is 36.8 Å². The molecule has 0 spiro atoms. The summed E-state index contributed by atoms with van der Waals surface area (Å²) in [6.45, 7) is 3.02. The van der Waals surface area contributed by atoms with E-state index in [1.165, 1.54) is 26.1 Å². The number of hydrogen-bond donors (Lipinski definition) is 0. The van der Waals surface area contributed by atoms with Crippen LogP contribution in [0, 0.1) is 6.92 Å². The SMILES string of the molecule is Cc1cc(OCn2ccc(C(=O)N3CCN(S(=O)(=O)c4cnn(C)c4)CC3)n2)ccc1Cl. The van der Waals surface area contributed by atoms with E-state index in [0.717, 1.165) is 5.56 Å². The lowest BCUT2D eigenvalue weighted by molar-refractivity contribution is 0.0690. The Morgan fingerprint density at radius 2 is 1.94 bits per heavy atom. The van der Waals surface area contributed by atoms with Gasteiger partial charge in [-0.15, -0.1) is 0 Å². The summed E-state index contributed by atoms with van der Waals surface area (Å²) in [4.78, 5) is 14.6. The van der Waals surface area contributed by atoms with Gasteiger partial charge < -0.3 is 9.64 Å². The van der Waals surface area contributed by atoms with Crippen LogP contribution in [0.3, 0.4) is 0 Å². The van der Waals surface area contributed by atoms with Crippen molar-refractivity contribution < 1.29 is 17.9 Å². The number of carbonyl (C=O) groups excluding carboxylic acids is 1. The molecule has 3 heterocycles. The minimum absolute atomic E-state index is 0.144. The van der Waals surface area contributed by atoms with E-state index >= 15 is 0 Å². The van der Waals surface area contributed by atoms with Gasteiger partial charge in [0.1, 0.15) is 10.6 Å². The smallest absolute Gasteiger partial charge is 0.274 e. The Morgan fingerprint density at radius 1 is 1.19 bits per heavy atom. The van der Waals surface area contributed by atoms with Crippen LogP contribution in [0.2, 0.25) is 5.02 Å². The zero-order chi connectivity index (χ0) is 22.9. The molecule has 170 valence electrons. The number of halogens is 1. The van der Waals surface area contributed by atoms with Crippen LogP contribution in [0.15, 0.2) is 47.8 Å². The number of piperazine rings is 1. The van der Waals surface area contributed by atoms with Crippen molar-refractivity contribution in [2.75, 3.05) is 26.2 Å². The Morgan fingerprint density at radius 3 is 2.59 bits per heavy atom. The number of rotatable bonds is 6. The Kier molecular flexibility index (Phi) is 6.22. The maximum atomic E-state index is 12.8. The van der Waals surface area contributed by atoms with E-state index in [9.17, 15) is 13.2 Å². The molecule has 0 bridgehead atoms. The summed E-state index contributed by atoms with van der Waals surface area (Å²) in [5, 5.41) is 8.88. The average Bonchev–Trinajstić information content (AvgIpc) is 3.44. The second kappa shape index (κ2) is 8.93. The third-order valence-corrected chi connectivity index (χ3v) is 7.47. The third kappa shape index (κ3) is 4.64. The third-order valence-electron chi connectivity index (χ3n) is 5.20. The summed E-state index contributed by atoms with van der Waals surface area (Å²) in [6, 6.07) is 6.98. The van der Waals surface area contributed by atoms with Gasteiger partial charge in [-0.1, -0.05) is 11.6 Å². The lowest BCUT2D eigenvalue weighted by atomic mass is 10.2. The van der Waals surface area contributed by atoms with Crippen molar-refractivity contribution in [3.05, 3.63) is 59.1 Å². The van der Waals surface area contributed by atoms with Crippen molar-refractivity contribution in [2.45, 2.75) is 18.6 Å². The molecule has 1 amide bonds. The molecule has 0 saturated carbocycles. The van der Waals surface area contributed by atoms with E-state index in [1.54, 1.807) is 36.3 Å². The lowest BCUT2D eigenvalue weighted by Gasteiger charge is -2.33. The summed E-state index contributed by atoms with van der Waals surface area (Å²) in [6.07, 6.45) is 4.46. The van der Waals surface area contributed by atoms with Crippen LogP contribution in [0.1, 0.15) is 16.1 Å². The van der Waals surface area contributed by atoms with Gasteiger partial charge >= 0.3 is 0 Å². The molecule has 1 aliphatic rings. The first-order valence-electron chi connectivity index (χ1n) is 9.94. The first-order valence-corrected chi connectivity index (χ1v) is 11.8. The predicted molar refractivity (Wildman–Crippen MR) is 117 cm³/mol. The van der Waals surface area contributed by atoms with Gasteiger partial charge in [0.05, 0.1) is 6.20 Å². The van der Waals surface area contributed by atoms with Crippen molar-refractivity contribution in [3.63, 3.8) is 0 Å². The number of amides is 1. The monoisotopic (exact) mass is 478 g/mol. The second-order valence-electron chi connectivity index (χ2n) is 7.47. The van der Waals surface area contributed by atoms with Gasteiger partial charge in [0, 0.05) is 50.6 Å². The fraction of sp³-hybridized carbons (Fsp3) is 0.350. The van der Waals surface area contributed by atoms with Crippen molar-refractivity contribution in [1.82, 2.24) is 28.8 Å². The highest BCUT2D eigenvalue weighted by Crippen LogP contribution is 2.21. The molecular weight excluding hydrogens is 456 g/mol. The molecule has 1 saturated heterocycles. The zero-order valence-electron chi connectivity index (χ0n) is 17.7. The highest BCUT2D eigenvalue weighted by Gasteiger charge is 2.31. The molecule has 3 aromatic rings. The van der Waals surface area contributed by atoms with Gasteiger partial charge in [-0.2, -0.15) is 14.5 Å². The van der Waals surface area contributed by atoms with Crippen molar-refractivity contribution >= 4 is 27.5 Å². The standard InChI is InChI=1S/C20H23ClN6O4S/c1-15-11-16(3-4-18(15)21)31-14-26-6-5-19(23-26)20(28)25-7-9-27(10-8-25)32(29,30)17-12-22-24(2)13-17/h3-6,11-13H,7-10,14H2,1-2H3. The number of ether oxygens (including phenoxy) is 1. The largest absolute Gasteiger partial charge is 0.471 e. The normalized spacial score (nSPS) is 15.2. The van der Waals surface area contributed by atoms with E-state index in [4.69, 9.17) is 16.3 Å². The van der Waals surface area contributed by atoms with Gasteiger partial charge in [0.25, 0.3) is 5.91 Å². The van der Waals surface area contributed by atoms with Crippen molar-refractivity contribution in [1.29, 1.82) is 0 Å². The zero-order valence-corrected chi connectivity index (χ0v) is 19.3. The second-order valence-corrected chi connectivity index (χ2v) is 9.82. The van der Waals surface area contributed by atoms with E-state index in [-0.39, 0.29) is 49.4 Å². The summed E-state index contributed by atoms with van der Waals surface area (Å²) >= 11 is 6.02. The molecule has 1 fully saturated rings. The molecule has 0 aliphatic carbocycles. The molecule has 2 aromatic heterocycles. The van der Waals surface area contributed by atoms with E-state index in [1.807, 2.05) is 13.0 Å². The van der Waals surface area contributed by atoms with E-state index < -0.39 is 10.0 Å². The number of hydrogen-bond acceptors (Lipinski definition) is 6. The maximum Gasteiger partial charge on any atom is 0.274 e. The number of benzene rings is 1. The average molecular weight is 479 g/mol. The van der Waals surface area contributed by atoms with E-state index in [0.29, 0.717) is 10.8 Å². The number of carbonyl (C=O) groups is 1. The molecule has 32 heavy (non-hydrogen) atoms. The minimum atomic E-state index is -3.62. The summed E-state index contributed by atoms with van der Waals surface area (Å²) in [5.41, 5.74) is 1.19. The van der Waals surface area contributed by atoms with Crippen LogP contribution >= 0.6 is 11.6 Å². The highest BCUT2D eigenvalue weighted by molar-refractivity contribution is 7.89. The topological polar surface area (TPSA) is 103 Å². The number of aryl methyl sites for hydroxylation is 2. The van der Waals surface area contributed by atoms with Gasteiger partial charge in [0.15, 0.2) is 12.4 Å². The molecule has 0 N–H and O–H groups in total. The maximum absolute atomic E-state index is 12.8. The molecular formula is C20H23ClN6O4S. The predicted octanol–water partition coefficient (Wildman–Crippen LogP) is 1.76. The molecule has 10 nitrogen and oxygen atoms in total. The number of nitrogens with zero attached hydrogens (tertiary/aromatic N) is 6. The molecule has 4 rings (SSSR count). The minimum Gasteiger partial charge on any atom is -0.471 e. The molecule has 0 radical (unpaired) electrons. The Labute approximate surface area is 191 Å².